The van der Waals surface area contributed by atoms with Gasteiger partial charge < -0.3 is 16.4 Å². The summed E-state index contributed by atoms with van der Waals surface area (Å²) in [4.78, 5) is 21.2. The normalized spacial score (nSPS) is 20.4. The van der Waals surface area contributed by atoms with Crippen LogP contribution < -0.4 is 11.5 Å². The van der Waals surface area contributed by atoms with Crippen LogP contribution in [0.15, 0.2) is 51.6 Å². The van der Waals surface area contributed by atoms with Crippen molar-refractivity contribution in [3.05, 3.63) is 64.3 Å². The first kappa shape index (κ1) is 21.8. The number of nitrogens with two attached hydrogens (primary N) is 2. The minimum atomic E-state index is -0.189. The second-order valence-corrected chi connectivity index (χ2v) is 10.6. The van der Waals surface area contributed by atoms with E-state index in [1.807, 2.05) is 12.1 Å². The number of benzene rings is 1. The first-order chi connectivity index (χ1) is 16.4. The van der Waals surface area contributed by atoms with E-state index in [0.717, 1.165) is 64.9 Å². The maximum Gasteiger partial charge on any atom is 0.176 e. The molecule has 6 rings (SSSR count). The summed E-state index contributed by atoms with van der Waals surface area (Å²) in [7, 11) is 0. The maximum atomic E-state index is 13.7. The van der Waals surface area contributed by atoms with Crippen molar-refractivity contribution >= 4 is 40.8 Å². The summed E-state index contributed by atoms with van der Waals surface area (Å²) in [6, 6.07) is 6.78. The lowest BCUT2D eigenvalue weighted by Gasteiger charge is -2.43. The van der Waals surface area contributed by atoms with E-state index in [9.17, 15) is 4.39 Å². The standard InChI is InChI=1S/C24H23ClFN7S/c25-20-17(3-6-29-22(20)28)34-19-12-30-23-16(31-19)10-18(32-23)33-7-4-24(5-8-33)11-13-9-14(26)1-2-15(13)21(24)27/h1-3,6,9,12,21H,4-5,7-8,10-11,27H2,(H2,28,29)/t21-/m1/s1. The SMILES string of the molecule is Nc1nccc(Sc2cnc3c(n2)CC(N2CCC4(CC2)Cc2cc(F)ccc2[C@H]4N)=N3)c1Cl. The number of amidine groups is 1. The van der Waals surface area contributed by atoms with Gasteiger partial charge in [-0.2, -0.15) is 0 Å². The minimum Gasteiger partial charge on any atom is -0.382 e. The van der Waals surface area contributed by atoms with Crippen molar-refractivity contribution in [2.45, 2.75) is 41.6 Å². The highest BCUT2D eigenvalue weighted by Crippen LogP contribution is 2.51. The van der Waals surface area contributed by atoms with Gasteiger partial charge in [-0.3, -0.25) is 0 Å². The number of fused-ring (bicyclic) bond motifs is 2. The number of nitrogen functional groups attached to an aromatic ring is 1. The van der Waals surface area contributed by atoms with E-state index in [2.05, 4.69) is 14.9 Å². The van der Waals surface area contributed by atoms with Crippen LogP contribution in [0.5, 0.6) is 0 Å². The summed E-state index contributed by atoms with van der Waals surface area (Å²) in [5.74, 6) is 1.77. The fraction of sp³-hybridized carbons (Fsp3) is 0.333. The number of anilines is 1. The Kier molecular flexibility index (Phi) is 5.24. The van der Waals surface area contributed by atoms with Crippen LogP contribution in [0.25, 0.3) is 0 Å². The molecule has 2 aromatic heterocycles. The molecular formula is C24H23ClFN7S. The highest BCUT2D eigenvalue weighted by molar-refractivity contribution is 7.99. The zero-order valence-corrected chi connectivity index (χ0v) is 19.9. The number of halogens is 2. The molecule has 3 aliphatic rings. The smallest absolute Gasteiger partial charge is 0.176 e. The molecule has 1 saturated heterocycles. The molecule has 1 aliphatic carbocycles. The average molecular weight is 496 g/mol. The first-order valence-corrected chi connectivity index (χ1v) is 12.4. The van der Waals surface area contributed by atoms with Crippen LogP contribution >= 0.6 is 23.4 Å². The van der Waals surface area contributed by atoms with Gasteiger partial charge >= 0.3 is 0 Å². The first-order valence-electron chi connectivity index (χ1n) is 11.2. The number of pyridine rings is 1. The molecule has 0 unspecified atom stereocenters. The van der Waals surface area contributed by atoms with E-state index in [-0.39, 0.29) is 17.3 Å². The third-order valence-electron chi connectivity index (χ3n) is 7.22. The predicted octanol–water partition coefficient (Wildman–Crippen LogP) is 4.32. The molecule has 0 radical (unpaired) electrons. The predicted molar refractivity (Wildman–Crippen MR) is 131 cm³/mol. The molecule has 10 heteroatoms. The lowest BCUT2D eigenvalue weighted by atomic mass is 9.73. The highest BCUT2D eigenvalue weighted by atomic mass is 35.5. The molecule has 1 fully saturated rings. The maximum absolute atomic E-state index is 13.7. The average Bonchev–Trinajstić information content (AvgIpc) is 3.36. The number of aromatic nitrogens is 3. The molecule has 1 atom stereocenters. The molecule has 4 heterocycles. The Morgan fingerprint density at radius 3 is 2.82 bits per heavy atom. The molecule has 1 aromatic carbocycles. The largest absolute Gasteiger partial charge is 0.382 e. The Morgan fingerprint density at radius 1 is 1.18 bits per heavy atom. The van der Waals surface area contributed by atoms with Crippen LogP contribution in [0, 0.1) is 11.2 Å². The van der Waals surface area contributed by atoms with Crippen LogP contribution in [0.1, 0.15) is 35.7 Å². The van der Waals surface area contributed by atoms with E-state index >= 15 is 0 Å². The van der Waals surface area contributed by atoms with Crippen LogP contribution in [0.2, 0.25) is 5.02 Å². The second-order valence-electron chi connectivity index (χ2n) is 9.14. The Balaban J connectivity index is 1.13. The number of piperidine rings is 1. The van der Waals surface area contributed by atoms with Crippen molar-refractivity contribution in [2.24, 2.45) is 16.1 Å². The summed E-state index contributed by atoms with van der Waals surface area (Å²) in [6.07, 6.45) is 6.72. The van der Waals surface area contributed by atoms with Crippen LogP contribution in [-0.2, 0) is 12.8 Å². The van der Waals surface area contributed by atoms with E-state index < -0.39 is 0 Å². The van der Waals surface area contributed by atoms with Gasteiger partial charge in [0.15, 0.2) is 5.82 Å². The van der Waals surface area contributed by atoms with E-state index in [1.54, 1.807) is 18.5 Å². The Morgan fingerprint density at radius 2 is 2.00 bits per heavy atom. The third kappa shape index (κ3) is 3.62. The molecule has 4 N–H and O–H groups in total. The van der Waals surface area contributed by atoms with Gasteiger partial charge in [0.25, 0.3) is 0 Å². The molecule has 0 amide bonds. The van der Waals surface area contributed by atoms with Gasteiger partial charge in [0.1, 0.15) is 22.5 Å². The summed E-state index contributed by atoms with van der Waals surface area (Å²) in [5.41, 5.74) is 15.5. The summed E-state index contributed by atoms with van der Waals surface area (Å²) in [6.45, 7) is 1.73. The van der Waals surface area contributed by atoms with E-state index in [4.69, 9.17) is 33.0 Å². The lowest BCUT2D eigenvalue weighted by molar-refractivity contribution is 0.127. The lowest BCUT2D eigenvalue weighted by Crippen LogP contribution is -2.46. The number of hydrogen-bond acceptors (Lipinski definition) is 8. The van der Waals surface area contributed by atoms with Crippen LogP contribution in [0.4, 0.5) is 16.0 Å². The van der Waals surface area contributed by atoms with E-state index in [1.165, 1.54) is 17.8 Å². The van der Waals surface area contributed by atoms with Crippen molar-refractivity contribution < 1.29 is 4.39 Å². The Labute approximate surface area is 205 Å². The zero-order valence-electron chi connectivity index (χ0n) is 18.3. The fourth-order valence-electron chi connectivity index (χ4n) is 5.34. The molecule has 2 aliphatic heterocycles. The molecule has 34 heavy (non-hydrogen) atoms. The van der Waals surface area contributed by atoms with Crippen molar-refractivity contribution in [3.8, 4) is 0 Å². The van der Waals surface area contributed by atoms with Gasteiger partial charge in [0.2, 0.25) is 0 Å². The number of hydrogen-bond donors (Lipinski definition) is 2. The fourth-order valence-corrected chi connectivity index (χ4v) is 6.38. The van der Waals surface area contributed by atoms with Crippen molar-refractivity contribution in [1.29, 1.82) is 0 Å². The molecule has 3 aromatic rings. The Bertz CT molecular complexity index is 1320. The van der Waals surface area contributed by atoms with Gasteiger partial charge in [0, 0.05) is 30.2 Å². The quantitative estimate of drug-likeness (QED) is 0.545. The second kappa shape index (κ2) is 8.18. The zero-order chi connectivity index (χ0) is 23.4. The number of likely N-dealkylation sites (tertiary alicyclic amines) is 1. The topological polar surface area (TPSA) is 106 Å². The van der Waals surface area contributed by atoms with Crippen LogP contribution in [-0.4, -0.2) is 38.8 Å². The summed E-state index contributed by atoms with van der Waals surface area (Å²) >= 11 is 7.68. The van der Waals surface area contributed by atoms with Gasteiger partial charge in [-0.1, -0.05) is 29.4 Å². The summed E-state index contributed by atoms with van der Waals surface area (Å²) < 4.78 is 13.7. The highest BCUT2D eigenvalue weighted by Gasteiger charge is 2.46. The van der Waals surface area contributed by atoms with Crippen molar-refractivity contribution in [3.63, 3.8) is 0 Å². The van der Waals surface area contributed by atoms with Gasteiger partial charge in [-0.05, 0) is 54.0 Å². The number of rotatable bonds is 2. The molecule has 0 bridgehead atoms. The summed E-state index contributed by atoms with van der Waals surface area (Å²) in [5, 5.41) is 1.16. The number of nitrogens with zero attached hydrogens (tertiary/aromatic N) is 5. The molecule has 7 nitrogen and oxygen atoms in total. The Hall–Kier alpha value is -2.75. The van der Waals surface area contributed by atoms with Gasteiger partial charge in [-0.15, -0.1) is 0 Å². The van der Waals surface area contributed by atoms with Crippen LogP contribution in [0.3, 0.4) is 0 Å². The van der Waals surface area contributed by atoms with Crippen molar-refractivity contribution in [2.75, 3.05) is 18.8 Å². The van der Waals surface area contributed by atoms with Crippen molar-refractivity contribution in [1.82, 2.24) is 19.9 Å². The molecule has 174 valence electrons. The monoisotopic (exact) mass is 495 g/mol. The van der Waals surface area contributed by atoms with Gasteiger partial charge in [0.05, 0.1) is 23.3 Å². The third-order valence-corrected chi connectivity index (χ3v) is 8.70. The minimum absolute atomic E-state index is 0.00932. The van der Waals surface area contributed by atoms with E-state index in [0.29, 0.717) is 23.1 Å². The molecule has 1 spiro atoms. The molecular weight excluding hydrogens is 473 g/mol. The molecule has 0 saturated carbocycles. The van der Waals surface area contributed by atoms with Gasteiger partial charge in [-0.25, -0.2) is 24.3 Å². The number of aliphatic imine (C=N–C) groups is 1.